The number of pyridine rings is 1. The summed E-state index contributed by atoms with van der Waals surface area (Å²) >= 11 is 6.60. The minimum Gasteiger partial charge on any atom is -0.357 e. The number of thiocarbonyl (C=S) groups is 1. The van der Waals surface area contributed by atoms with Crippen LogP contribution in [0.15, 0.2) is 71.8 Å². The molecular formula is C19H18N4OS2. The summed E-state index contributed by atoms with van der Waals surface area (Å²) < 4.78 is 0. The van der Waals surface area contributed by atoms with Gasteiger partial charge in [-0.1, -0.05) is 48.5 Å². The fourth-order valence-corrected chi connectivity index (χ4v) is 3.28. The van der Waals surface area contributed by atoms with Crippen molar-refractivity contribution in [3.8, 4) is 0 Å². The molecule has 132 valence electrons. The molecule has 1 aromatic heterocycles. The summed E-state index contributed by atoms with van der Waals surface area (Å²) in [5.41, 5.74) is 7.34. The summed E-state index contributed by atoms with van der Waals surface area (Å²) in [7, 11) is 0. The average Bonchev–Trinajstić information content (AvgIpc) is 2.70. The lowest BCUT2D eigenvalue weighted by Crippen LogP contribution is -2.47. The number of carbonyl (C=O) groups is 1. The van der Waals surface area contributed by atoms with Gasteiger partial charge in [-0.05, 0) is 29.9 Å². The molecule has 7 heteroatoms. The van der Waals surface area contributed by atoms with Crippen molar-refractivity contribution in [3.05, 3.63) is 72.4 Å². The number of rotatable bonds is 5. The topological polar surface area (TPSA) is 66.0 Å². The molecule has 26 heavy (non-hydrogen) atoms. The molecule has 2 aromatic carbocycles. The van der Waals surface area contributed by atoms with Crippen LogP contribution in [0.5, 0.6) is 0 Å². The van der Waals surface area contributed by atoms with Gasteiger partial charge in [0.25, 0.3) is 0 Å². The molecule has 3 N–H and O–H groups in total. The molecule has 0 aliphatic heterocycles. The average molecular weight is 383 g/mol. The van der Waals surface area contributed by atoms with Crippen molar-refractivity contribution in [2.75, 3.05) is 5.75 Å². The molecule has 0 atom stereocenters. The highest BCUT2D eigenvalue weighted by Crippen LogP contribution is 2.25. The van der Waals surface area contributed by atoms with Crippen molar-refractivity contribution in [2.45, 2.75) is 11.4 Å². The second-order valence-electron chi connectivity index (χ2n) is 5.46. The first-order valence-corrected chi connectivity index (χ1v) is 9.45. The van der Waals surface area contributed by atoms with E-state index in [-0.39, 0.29) is 11.7 Å². The van der Waals surface area contributed by atoms with Crippen molar-refractivity contribution < 1.29 is 4.79 Å². The van der Waals surface area contributed by atoms with Crippen LogP contribution in [0.25, 0.3) is 10.9 Å². The Hall–Kier alpha value is -2.64. The molecule has 3 aromatic rings. The van der Waals surface area contributed by atoms with Gasteiger partial charge in [0.05, 0.1) is 11.3 Å². The Balaban J connectivity index is 1.43. The lowest BCUT2D eigenvalue weighted by Gasteiger charge is -2.11. The maximum Gasteiger partial charge on any atom is 0.248 e. The van der Waals surface area contributed by atoms with Gasteiger partial charge in [-0.25, -0.2) is 0 Å². The molecule has 5 nitrogen and oxygen atoms in total. The molecule has 0 saturated carbocycles. The molecule has 0 radical (unpaired) electrons. The highest BCUT2D eigenvalue weighted by Gasteiger charge is 2.07. The third kappa shape index (κ3) is 5.18. The van der Waals surface area contributed by atoms with E-state index in [0.29, 0.717) is 11.7 Å². The molecule has 3 rings (SSSR count). The number of hydrogen-bond donors (Lipinski definition) is 3. The number of fused-ring (bicyclic) bond motifs is 1. The number of thioether (sulfide) groups is 1. The Bertz CT molecular complexity index is 897. The van der Waals surface area contributed by atoms with Crippen molar-refractivity contribution in [3.63, 3.8) is 0 Å². The number of para-hydroxylation sites is 1. The fourth-order valence-electron chi connectivity index (χ4n) is 2.32. The van der Waals surface area contributed by atoms with Crippen LogP contribution in [0.4, 0.5) is 0 Å². The van der Waals surface area contributed by atoms with E-state index < -0.39 is 0 Å². The van der Waals surface area contributed by atoms with E-state index in [0.717, 1.165) is 21.4 Å². The van der Waals surface area contributed by atoms with Crippen molar-refractivity contribution >= 4 is 45.9 Å². The van der Waals surface area contributed by atoms with E-state index in [1.165, 1.54) is 11.8 Å². The van der Waals surface area contributed by atoms with Gasteiger partial charge in [-0.15, -0.1) is 11.8 Å². The van der Waals surface area contributed by atoms with Crippen LogP contribution in [-0.4, -0.2) is 21.8 Å². The summed E-state index contributed by atoms with van der Waals surface area (Å²) in [6, 6.07) is 19.7. The van der Waals surface area contributed by atoms with Crippen molar-refractivity contribution in [1.29, 1.82) is 0 Å². The minimum atomic E-state index is -0.160. The first-order chi connectivity index (χ1) is 12.7. The molecule has 0 saturated heterocycles. The van der Waals surface area contributed by atoms with E-state index in [9.17, 15) is 4.79 Å². The maximum atomic E-state index is 12.0. The highest BCUT2D eigenvalue weighted by molar-refractivity contribution is 8.00. The van der Waals surface area contributed by atoms with Gasteiger partial charge in [-0.2, -0.15) is 0 Å². The van der Waals surface area contributed by atoms with Crippen LogP contribution in [0.1, 0.15) is 5.56 Å². The molecule has 0 bridgehead atoms. The van der Waals surface area contributed by atoms with E-state index in [2.05, 4.69) is 21.2 Å². The number of amides is 1. The number of hydrogen-bond acceptors (Lipinski definition) is 4. The van der Waals surface area contributed by atoms with E-state index in [1.807, 2.05) is 60.7 Å². The highest BCUT2D eigenvalue weighted by atomic mass is 32.2. The quantitative estimate of drug-likeness (QED) is 0.358. The number of benzene rings is 2. The van der Waals surface area contributed by atoms with Gasteiger partial charge in [-0.3, -0.25) is 20.6 Å². The van der Waals surface area contributed by atoms with Gasteiger partial charge >= 0.3 is 0 Å². The van der Waals surface area contributed by atoms with Gasteiger partial charge in [0.15, 0.2) is 5.11 Å². The SMILES string of the molecule is O=C(CSc1cccc2cccnc12)NNC(=S)NCc1ccccc1. The van der Waals surface area contributed by atoms with Gasteiger partial charge in [0.1, 0.15) is 0 Å². The maximum absolute atomic E-state index is 12.0. The van der Waals surface area contributed by atoms with Crippen LogP contribution < -0.4 is 16.2 Å². The zero-order chi connectivity index (χ0) is 18.2. The largest absolute Gasteiger partial charge is 0.357 e. The van der Waals surface area contributed by atoms with Crippen LogP contribution in [0, 0.1) is 0 Å². The minimum absolute atomic E-state index is 0.160. The summed E-state index contributed by atoms with van der Waals surface area (Å²) in [5, 5.41) is 4.47. The Labute approximate surface area is 161 Å². The predicted molar refractivity (Wildman–Crippen MR) is 110 cm³/mol. The molecule has 0 spiro atoms. The summed E-state index contributed by atoms with van der Waals surface area (Å²) in [5.74, 6) is 0.107. The predicted octanol–water partition coefficient (Wildman–Crippen LogP) is 3.02. The van der Waals surface area contributed by atoms with E-state index in [4.69, 9.17) is 12.2 Å². The standard InChI is InChI=1S/C19H18N4OS2/c24-17(22-23-19(25)21-12-14-6-2-1-3-7-14)13-26-16-10-4-8-15-9-5-11-20-18(15)16/h1-11H,12-13H2,(H,22,24)(H2,21,23,25). The molecule has 0 fully saturated rings. The van der Waals surface area contributed by atoms with Gasteiger partial charge < -0.3 is 5.32 Å². The second-order valence-corrected chi connectivity index (χ2v) is 6.89. The van der Waals surface area contributed by atoms with Crippen LogP contribution in [-0.2, 0) is 11.3 Å². The molecule has 0 unspecified atom stereocenters. The third-order valence-electron chi connectivity index (χ3n) is 3.57. The first-order valence-electron chi connectivity index (χ1n) is 8.05. The Morgan fingerprint density at radius 2 is 1.81 bits per heavy atom. The monoisotopic (exact) mass is 382 g/mol. The lowest BCUT2D eigenvalue weighted by molar-refractivity contribution is -0.119. The van der Waals surface area contributed by atoms with Crippen LogP contribution >= 0.6 is 24.0 Å². The number of hydrazine groups is 1. The smallest absolute Gasteiger partial charge is 0.248 e. The van der Waals surface area contributed by atoms with Crippen LogP contribution in [0.3, 0.4) is 0 Å². The molecule has 0 aliphatic rings. The van der Waals surface area contributed by atoms with Crippen molar-refractivity contribution in [1.82, 2.24) is 21.2 Å². The molecule has 0 aliphatic carbocycles. The third-order valence-corrected chi connectivity index (χ3v) is 4.86. The Kier molecular flexibility index (Phi) is 6.40. The Morgan fingerprint density at radius 1 is 1.00 bits per heavy atom. The summed E-state index contributed by atoms with van der Waals surface area (Å²) in [6.07, 6.45) is 1.75. The number of aromatic nitrogens is 1. The van der Waals surface area contributed by atoms with Crippen molar-refractivity contribution in [2.24, 2.45) is 0 Å². The fraction of sp³-hybridized carbons (Fsp3) is 0.105. The molecule has 1 heterocycles. The molecule has 1 amide bonds. The number of nitrogens with one attached hydrogen (secondary N) is 3. The van der Waals surface area contributed by atoms with Gasteiger partial charge in [0, 0.05) is 23.0 Å². The second kappa shape index (κ2) is 9.17. The first kappa shape index (κ1) is 18.2. The zero-order valence-corrected chi connectivity index (χ0v) is 15.6. The number of nitrogens with zero attached hydrogens (tertiary/aromatic N) is 1. The zero-order valence-electron chi connectivity index (χ0n) is 13.9. The lowest BCUT2D eigenvalue weighted by atomic mass is 10.2. The van der Waals surface area contributed by atoms with Gasteiger partial charge in [0.2, 0.25) is 5.91 Å². The van der Waals surface area contributed by atoms with Crippen LogP contribution in [0.2, 0.25) is 0 Å². The normalized spacial score (nSPS) is 10.3. The number of carbonyl (C=O) groups excluding carboxylic acids is 1. The summed E-state index contributed by atoms with van der Waals surface area (Å²) in [4.78, 5) is 17.4. The Morgan fingerprint density at radius 3 is 2.65 bits per heavy atom. The van der Waals surface area contributed by atoms with E-state index >= 15 is 0 Å². The summed E-state index contributed by atoms with van der Waals surface area (Å²) in [6.45, 7) is 0.596. The molecular weight excluding hydrogens is 364 g/mol. The van der Waals surface area contributed by atoms with E-state index in [1.54, 1.807) is 6.20 Å².